The average molecular weight is 270 g/mol. The smallest absolute Gasteiger partial charge is 0.409 e. The highest BCUT2D eigenvalue weighted by Crippen LogP contribution is 2.19. The number of methoxy groups -OCH3 is 1. The first-order valence-electron chi connectivity index (χ1n) is 6.98. The molecule has 1 atom stereocenters. The van der Waals surface area contributed by atoms with E-state index in [1.807, 2.05) is 18.7 Å². The van der Waals surface area contributed by atoms with Gasteiger partial charge in [-0.15, -0.1) is 0 Å². The van der Waals surface area contributed by atoms with Crippen LogP contribution in [0, 0.1) is 17.8 Å². The molecule has 19 heavy (non-hydrogen) atoms. The van der Waals surface area contributed by atoms with Gasteiger partial charge in [0.2, 0.25) is 5.91 Å². The van der Waals surface area contributed by atoms with E-state index < -0.39 is 0 Å². The van der Waals surface area contributed by atoms with E-state index in [1.165, 1.54) is 7.11 Å². The van der Waals surface area contributed by atoms with E-state index in [9.17, 15) is 9.59 Å². The molecule has 0 aromatic heterocycles. The molecule has 0 radical (unpaired) electrons. The molecule has 1 rings (SSSR count). The molecule has 0 saturated carbocycles. The van der Waals surface area contributed by atoms with Crippen LogP contribution in [0.25, 0.3) is 0 Å². The number of nitrogens with zero attached hydrogens (tertiary/aromatic N) is 2. The molecule has 0 bridgehead atoms. The Balaban J connectivity index is 2.81. The molecule has 1 fully saturated rings. The van der Waals surface area contributed by atoms with Crippen molar-refractivity contribution < 1.29 is 14.3 Å². The summed E-state index contributed by atoms with van der Waals surface area (Å²) in [7, 11) is 1.40. The fourth-order valence-corrected chi connectivity index (χ4v) is 2.33. The van der Waals surface area contributed by atoms with Gasteiger partial charge in [-0.25, -0.2) is 4.79 Å². The highest BCUT2D eigenvalue weighted by molar-refractivity contribution is 5.78. The largest absolute Gasteiger partial charge is 0.453 e. The van der Waals surface area contributed by atoms with Crippen molar-refractivity contribution >= 4 is 12.0 Å². The van der Waals surface area contributed by atoms with E-state index in [0.29, 0.717) is 31.5 Å². The lowest BCUT2D eigenvalue weighted by Gasteiger charge is -2.27. The van der Waals surface area contributed by atoms with Gasteiger partial charge in [-0.2, -0.15) is 0 Å². The first kappa shape index (κ1) is 15.8. The van der Waals surface area contributed by atoms with Crippen molar-refractivity contribution in [2.45, 2.75) is 27.7 Å². The molecule has 0 aromatic rings. The molecular weight excluding hydrogens is 244 g/mol. The summed E-state index contributed by atoms with van der Waals surface area (Å²) < 4.78 is 4.80. The molecule has 110 valence electrons. The number of rotatable bonds is 2. The summed E-state index contributed by atoms with van der Waals surface area (Å²) in [4.78, 5) is 27.4. The second-order valence-electron chi connectivity index (χ2n) is 5.86. The van der Waals surface area contributed by atoms with Gasteiger partial charge in [-0.05, 0) is 11.8 Å². The van der Waals surface area contributed by atoms with Crippen LogP contribution in [0.4, 0.5) is 4.79 Å². The third kappa shape index (κ3) is 4.11. The molecule has 1 aliphatic rings. The lowest BCUT2D eigenvalue weighted by Crippen LogP contribution is -2.39. The quantitative estimate of drug-likeness (QED) is 0.769. The van der Waals surface area contributed by atoms with Crippen molar-refractivity contribution in [2.24, 2.45) is 17.8 Å². The fourth-order valence-electron chi connectivity index (χ4n) is 2.33. The summed E-state index contributed by atoms with van der Waals surface area (Å²) in [6, 6.07) is 0. The minimum absolute atomic E-state index is 0.00233. The van der Waals surface area contributed by atoms with Crippen molar-refractivity contribution in [3.05, 3.63) is 0 Å². The van der Waals surface area contributed by atoms with Crippen LogP contribution < -0.4 is 0 Å². The Labute approximate surface area is 115 Å². The molecule has 0 unspecified atom stereocenters. The minimum atomic E-state index is -0.301. The number of hydrogen-bond donors (Lipinski definition) is 0. The van der Waals surface area contributed by atoms with E-state index in [4.69, 9.17) is 4.74 Å². The van der Waals surface area contributed by atoms with Gasteiger partial charge in [0.1, 0.15) is 0 Å². The average Bonchev–Trinajstić information content (AvgIpc) is 2.59. The first-order chi connectivity index (χ1) is 8.86. The summed E-state index contributed by atoms with van der Waals surface area (Å²) in [6.07, 6.45) is -0.301. The molecule has 2 amide bonds. The van der Waals surface area contributed by atoms with Crippen molar-refractivity contribution in [1.82, 2.24) is 9.80 Å². The third-order valence-corrected chi connectivity index (χ3v) is 3.73. The molecule has 5 nitrogen and oxygen atoms in total. The fraction of sp³-hybridized carbons (Fsp3) is 0.857. The third-order valence-electron chi connectivity index (χ3n) is 3.73. The molecule has 0 aliphatic carbocycles. The van der Waals surface area contributed by atoms with E-state index in [0.717, 1.165) is 6.54 Å². The predicted octanol–water partition coefficient (Wildman–Crippen LogP) is 1.83. The van der Waals surface area contributed by atoms with Crippen LogP contribution in [0.5, 0.6) is 0 Å². The van der Waals surface area contributed by atoms with Gasteiger partial charge in [-0.1, -0.05) is 27.7 Å². The molecule has 5 heteroatoms. The Hall–Kier alpha value is -1.26. The van der Waals surface area contributed by atoms with Gasteiger partial charge < -0.3 is 14.5 Å². The monoisotopic (exact) mass is 270 g/mol. The molecule has 0 N–H and O–H groups in total. The summed E-state index contributed by atoms with van der Waals surface area (Å²) in [6.45, 7) is 10.6. The highest BCUT2D eigenvalue weighted by Gasteiger charge is 2.30. The van der Waals surface area contributed by atoms with Crippen LogP contribution in [0.1, 0.15) is 27.7 Å². The molecule has 1 saturated heterocycles. The SMILES string of the molecule is COC(=O)N1CCN(C(=O)C(C)C)C[C@H](C(C)C)C1. The normalized spacial score (nSPS) is 20.7. The van der Waals surface area contributed by atoms with Gasteiger partial charge in [0, 0.05) is 32.1 Å². The topological polar surface area (TPSA) is 49.9 Å². The Morgan fingerprint density at radius 1 is 1.05 bits per heavy atom. The zero-order valence-corrected chi connectivity index (χ0v) is 12.7. The van der Waals surface area contributed by atoms with Gasteiger partial charge in [0.15, 0.2) is 0 Å². The number of amides is 2. The van der Waals surface area contributed by atoms with Crippen LogP contribution in [-0.4, -0.2) is 55.1 Å². The standard InChI is InChI=1S/C14H26N2O3/c1-10(2)12-8-15(13(17)11(3)4)6-7-16(9-12)14(18)19-5/h10-12H,6-9H2,1-5H3/t12-/m0/s1. The number of hydrogen-bond acceptors (Lipinski definition) is 3. The van der Waals surface area contributed by atoms with Crippen molar-refractivity contribution in [3.8, 4) is 0 Å². The van der Waals surface area contributed by atoms with Gasteiger partial charge in [0.25, 0.3) is 0 Å². The Bertz CT molecular complexity index is 329. The summed E-state index contributed by atoms with van der Waals surface area (Å²) >= 11 is 0. The van der Waals surface area contributed by atoms with Crippen molar-refractivity contribution in [2.75, 3.05) is 33.3 Å². The van der Waals surface area contributed by atoms with Crippen LogP contribution in [0.2, 0.25) is 0 Å². The van der Waals surface area contributed by atoms with E-state index in [1.54, 1.807) is 4.90 Å². The van der Waals surface area contributed by atoms with Crippen molar-refractivity contribution in [3.63, 3.8) is 0 Å². The number of carbonyl (C=O) groups is 2. The second-order valence-corrected chi connectivity index (χ2v) is 5.86. The second kappa shape index (κ2) is 6.78. The van der Waals surface area contributed by atoms with Crippen LogP contribution >= 0.6 is 0 Å². The van der Waals surface area contributed by atoms with E-state index in [-0.39, 0.29) is 17.9 Å². The van der Waals surface area contributed by atoms with Crippen LogP contribution in [0.3, 0.4) is 0 Å². The summed E-state index contributed by atoms with van der Waals surface area (Å²) in [5.74, 6) is 0.881. The first-order valence-corrected chi connectivity index (χ1v) is 6.98. The molecule has 0 aromatic carbocycles. The molecule has 1 heterocycles. The number of carbonyl (C=O) groups excluding carboxylic acids is 2. The van der Waals surface area contributed by atoms with E-state index >= 15 is 0 Å². The maximum absolute atomic E-state index is 12.2. The maximum atomic E-state index is 12.2. The number of ether oxygens (including phenoxy) is 1. The molecule has 1 aliphatic heterocycles. The van der Waals surface area contributed by atoms with Crippen molar-refractivity contribution in [1.29, 1.82) is 0 Å². The maximum Gasteiger partial charge on any atom is 0.409 e. The zero-order valence-electron chi connectivity index (χ0n) is 12.7. The van der Waals surface area contributed by atoms with Gasteiger partial charge in [0.05, 0.1) is 7.11 Å². The molecular formula is C14H26N2O3. The van der Waals surface area contributed by atoms with Gasteiger partial charge >= 0.3 is 6.09 Å². The Morgan fingerprint density at radius 2 is 1.58 bits per heavy atom. The molecule has 0 spiro atoms. The highest BCUT2D eigenvalue weighted by atomic mass is 16.5. The Kier molecular flexibility index (Phi) is 5.63. The van der Waals surface area contributed by atoms with E-state index in [2.05, 4.69) is 13.8 Å². The lowest BCUT2D eigenvalue weighted by atomic mass is 9.95. The summed E-state index contributed by atoms with van der Waals surface area (Å²) in [5, 5.41) is 0. The van der Waals surface area contributed by atoms with Crippen LogP contribution in [-0.2, 0) is 9.53 Å². The lowest BCUT2D eigenvalue weighted by molar-refractivity contribution is -0.134. The van der Waals surface area contributed by atoms with Crippen LogP contribution in [0.15, 0.2) is 0 Å². The zero-order chi connectivity index (χ0) is 14.6. The minimum Gasteiger partial charge on any atom is -0.453 e. The summed E-state index contributed by atoms with van der Waals surface area (Å²) in [5.41, 5.74) is 0. The Morgan fingerprint density at radius 3 is 2.05 bits per heavy atom. The van der Waals surface area contributed by atoms with Gasteiger partial charge in [-0.3, -0.25) is 4.79 Å². The predicted molar refractivity (Wildman–Crippen MR) is 73.7 cm³/mol.